The zero-order valence-corrected chi connectivity index (χ0v) is 23.8. The van der Waals surface area contributed by atoms with Crippen LogP contribution in [0, 0.1) is 0 Å². The number of hydrogen-bond donors (Lipinski definition) is 2. The van der Waals surface area contributed by atoms with Crippen molar-refractivity contribution in [1.29, 1.82) is 0 Å². The minimum atomic E-state index is -1.02. The molecule has 0 radical (unpaired) electrons. The van der Waals surface area contributed by atoms with Crippen molar-refractivity contribution in [2.24, 2.45) is 0 Å². The summed E-state index contributed by atoms with van der Waals surface area (Å²) in [6.07, 6.45) is 6.76. The average Bonchev–Trinajstić information content (AvgIpc) is 3.65. The third-order valence-corrected chi connectivity index (χ3v) is 8.73. The van der Waals surface area contributed by atoms with Crippen LogP contribution in [0.2, 0.25) is 0 Å². The molecule has 2 aliphatic heterocycles. The number of methoxy groups -OCH3 is 1. The molecule has 3 heterocycles. The summed E-state index contributed by atoms with van der Waals surface area (Å²) in [5.41, 5.74) is 2.28. The predicted octanol–water partition coefficient (Wildman–Crippen LogP) is 3.86. The zero-order valence-electron chi connectivity index (χ0n) is 23.8. The lowest BCUT2D eigenvalue weighted by Gasteiger charge is -2.41. The maximum atomic E-state index is 14.2. The van der Waals surface area contributed by atoms with E-state index in [2.05, 4.69) is 11.4 Å². The lowest BCUT2D eigenvalue weighted by molar-refractivity contribution is -0.0893. The SMILES string of the molecule is COC[C@]1(O)CCCC[C@H]1n1cnc(C(=O)N2CCNC[C@H]2CCOc2ccc3c(c2)OCC3)c1-c1ccccc1. The first-order valence-electron chi connectivity index (χ1n) is 14.8. The van der Waals surface area contributed by atoms with Gasteiger partial charge in [0.15, 0.2) is 5.69 Å². The maximum Gasteiger partial charge on any atom is 0.275 e. The van der Waals surface area contributed by atoms with E-state index >= 15 is 0 Å². The Morgan fingerprint density at radius 1 is 1.22 bits per heavy atom. The third kappa shape index (κ3) is 5.71. The summed E-state index contributed by atoms with van der Waals surface area (Å²) in [6, 6.07) is 15.7. The summed E-state index contributed by atoms with van der Waals surface area (Å²) in [5, 5.41) is 15.1. The second kappa shape index (κ2) is 12.2. The van der Waals surface area contributed by atoms with Gasteiger partial charge in [0.05, 0.1) is 37.9 Å². The Hall–Kier alpha value is -3.40. The normalized spacial score (nSPS) is 24.1. The van der Waals surface area contributed by atoms with E-state index < -0.39 is 5.60 Å². The molecule has 41 heavy (non-hydrogen) atoms. The van der Waals surface area contributed by atoms with E-state index in [0.717, 1.165) is 61.6 Å². The third-order valence-electron chi connectivity index (χ3n) is 8.73. The van der Waals surface area contributed by atoms with Gasteiger partial charge in [0.2, 0.25) is 0 Å². The Bertz CT molecular complexity index is 1340. The number of benzene rings is 2. The van der Waals surface area contributed by atoms with Crippen molar-refractivity contribution in [3.63, 3.8) is 0 Å². The summed E-state index contributed by atoms with van der Waals surface area (Å²) < 4.78 is 19.2. The van der Waals surface area contributed by atoms with Crippen LogP contribution in [0.3, 0.4) is 0 Å². The molecule has 9 nitrogen and oxygen atoms in total. The molecule has 1 aromatic heterocycles. The first kappa shape index (κ1) is 27.8. The maximum absolute atomic E-state index is 14.2. The Balaban J connectivity index is 1.24. The number of nitrogens with zero attached hydrogens (tertiary/aromatic N) is 3. The fraction of sp³-hybridized carbons (Fsp3) is 0.500. The summed E-state index contributed by atoms with van der Waals surface area (Å²) in [7, 11) is 1.62. The largest absolute Gasteiger partial charge is 0.493 e. The number of aromatic nitrogens is 2. The van der Waals surface area contributed by atoms with Crippen LogP contribution in [0.15, 0.2) is 54.9 Å². The molecule has 218 valence electrons. The topological polar surface area (TPSA) is 98.1 Å². The highest BCUT2D eigenvalue weighted by Crippen LogP contribution is 2.41. The number of fused-ring (bicyclic) bond motifs is 1. The van der Waals surface area contributed by atoms with Crippen LogP contribution in [0.5, 0.6) is 11.5 Å². The van der Waals surface area contributed by atoms with Crippen molar-refractivity contribution < 1.29 is 24.1 Å². The Labute approximate surface area is 241 Å². The van der Waals surface area contributed by atoms with Crippen molar-refractivity contribution in [2.45, 2.75) is 56.2 Å². The summed E-state index contributed by atoms with van der Waals surface area (Å²) in [4.78, 5) is 20.9. The molecule has 0 spiro atoms. The van der Waals surface area contributed by atoms with Gasteiger partial charge in [-0.3, -0.25) is 4.79 Å². The minimum Gasteiger partial charge on any atom is -0.493 e. The highest BCUT2D eigenvalue weighted by atomic mass is 16.5. The number of carbonyl (C=O) groups is 1. The standard InChI is InChI=1S/C32H40N4O5/c1-39-21-32(38)14-6-5-9-28(32)36-22-34-29(30(36)24-7-3-2-4-8-24)31(37)35-16-15-33-20-25(35)13-18-40-26-11-10-23-12-17-41-27(23)19-26/h2-4,7-8,10-11,19,22,25,28,33,38H,5-6,9,12-18,20-21H2,1H3/t25-,28-,32-/m1/s1. The van der Waals surface area contributed by atoms with Gasteiger partial charge < -0.3 is 34.1 Å². The lowest BCUT2D eigenvalue weighted by Crippen LogP contribution is -2.54. The molecule has 2 aromatic carbocycles. The molecule has 0 unspecified atom stereocenters. The molecule has 9 heteroatoms. The number of piperazine rings is 1. The molecule has 2 N–H and O–H groups in total. The average molecular weight is 561 g/mol. The summed E-state index contributed by atoms with van der Waals surface area (Å²) in [6.45, 7) is 3.46. The number of hydrogen-bond acceptors (Lipinski definition) is 7. The van der Waals surface area contributed by atoms with Gasteiger partial charge in [-0.05, 0) is 24.5 Å². The molecular weight excluding hydrogens is 520 g/mol. The number of carbonyl (C=O) groups excluding carboxylic acids is 1. The van der Waals surface area contributed by atoms with Gasteiger partial charge in [0, 0.05) is 57.3 Å². The van der Waals surface area contributed by atoms with E-state index in [1.165, 1.54) is 5.56 Å². The number of aliphatic hydroxyl groups is 1. The van der Waals surface area contributed by atoms with Crippen molar-refractivity contribution in [2.75, 3.05) is 46.6 Å². The highest BCUT2D eigenvalue weighted by molar-refractivity contribution is 5.98. The molecule has 2 fully saturated rings. The quantitative estimate of drug-likeness (QED) is 0.410. The monoisotopic (exact) mass is 560 g/mol. The van der Waals surface area contributed by atoms with Gasteiger partial charge in [-0.1, -0.05) is 49.2 Å². The number of imidazole rings is 1. The molecule has 0 bridgehead atoms. The lowest BCUT2D eigenvalue weighted by atomic mass is 9.80. The first-order chi connectivity index (χ1) is 20.1. The number of rotatable bonds is 9. The van der Waals surface area contributed by atoms with E-state index in [1.807, 2.05) is 51.9 Å². The smallest absolute Gasteiger partial charge is 0.275 e. The second-order valence-corrected chi connectivity index (χ2v) is 11.4. The van der Waals surface area contributed by atoms with Crippen LogP contribution in [-0.2, 0) is 11.2 Å². The molecule has 1 aliphatic carbocycles. The molecule has 1 saturated carbocycles. The summed E-state index contributed by atoms with van der Waals surface area (Å²) >= 11 is 0. The van der Waals surface area contributed by atoms with Crippen molar-refractivity contribution >= 4 is 5.91 Å². The Morgan fingerprint density at radius 2 is 2.10 bits per heavy atom. The molecule has 1 amide bonds. The van der Waals surface area contributed by atoms with Crippen molar-refractivity contribution in [3.05, 3.63) is 66.1 Å². The van der Waals surface area contributed by atoms with Crippen LogP contribution in [0.4, 0.5) is 0 Å². The Kier molecular flexibility index (Phi) is 8.27. The van der Waals surface area contributed by atoms with Gasteiger partial charge in [0.25, 0.3) is 5.91 Å². The van der Waals surface area contributed by atoms with E-state index in [9.17, 15) is 9.90 Å². The van der Waals surface area contributed by atoms with E-state index in [0.29, 0.717) is 38.2 Å². The Morgan fingerprint density at radius 3 is 2.95 bits per heavy atom. The van der Waals surface area contributed by atoms with E-state index in [4.69, 9.17) is 19.2 Å². The fourth-order valence-corrected chi connectivity index (χ4v) is 6.63. The molecular formula is C32H40N4O5. The second-order valence-electron chi connectivity index (χ2n) is 11.4. The van der Waals surface area contributed by atoms with Crippen molar-refractivity contribution in [1.82, 2.24) is 19.8 Å². The number of ether oxygens (including phenoxy) is 3. The van der Waals surface area contributed by atoms with Crippen LogP contribution < -0.4 is 14.8 Å². The van der Waals surface area contributed by atoms with Crippen molar-refractivity contribution in [3.8, 4) is 22.8 Å². The summed E-state index contributed by atoms with van der Waals surface area (Å²) in [5.74, 6) is 1.59. The van der Waals surface area contributed by atoms with Gasteiger partial charge in [-0.15, -0.1) is 0 Å². The van der Waals surface area contributed by atoms with Crippen LogP contribution >= 0.6 is 0 Å². The molecule has 3 aliphatic rings. The first-order valence-corrected chi connectivity index (χ1v) is 14.8. The van der Waals surface area contributed by atoms with Gasteiger partial charge in [-0.2, -0.15) is 0 Å². The van der Waals surface area contributed by atoms with Crippen LogP contribution in [0.25, 0.3) is 11.3 Å². The van der Waals surface area contributed by atoms with Crippen LogP contribution in [0.1, 0.15) is 54.2 Å². The van der Waals surface area contributed by atoms with Crippen LogP contribution in [-0.4, -0.2) is 83.7 Å². The highest BCUT2D eigenvalue weighted by Gasteiger charge is 2.42. The minimum absolute atomic E-state index is 0.0317. The molecule has 3 atom stereocenters. The molecule has 3 aromatic rings. The fourth-order valence-electron chi connectivity index (χ4n) is 6.63. The molecule has 6 rings (SSSR count). The van der Waals surface area contributed by atoms with E-state index in [-0.39, 0.29) is 24.6 Å². The van der Waals surface area contributed by atoms with Gasteiger partial charge >= 0.3 is 0 Å². The predicted molar refractivity (Wildman–Crippen MR) is 155 cm³/mol. The van der Waals surface area contributed by atoms with Gasteiger partial charge in [0.1, 0.15) is 17.1 Å². The van der Waals surface area contributed by atoms with E-state index in [1.54, 1.807) is 13.4 Å². The number of nitrogens with one attached hydrogen (secondary N) is 1. The van der Waals surface area contributed by atoms with Gasteiger partial charge in [-0.25, -0.2) is 4.98 Å². The zero-order chi connectivity index (χ0) is 28.2. The number of amides is 1. The molecule has 1 saturated heterocycles.